The third-order valence-corrected chi connectivity index (χ3v) is 6.10. The monoisotopic (exact) mass is 394 g/mol. The van der Waals surface area contributed by atoms with Gasteiger partial charge >= 0.3 is 11.9 Å². The summed E-state index contributed by atoms with van der Waals surface area (Å²) in [5.41, 5.74) is 0.848. The van der Waals surface area contributed by atoms with E-state index in [0.29, 0.717) is 33.2 Å². The first-order chi connectivity index (χ1) is 13.5. The number of nitrogens with zero attached hydrogens (tertiary/aromatic N) is 1. The number of fused-ring (bicyclic) bond motifs is 1. The van der Waals surface area contributed by atoms with E-state index < -0.39 is 17.9 Å². The lowest BCUT2D eigenvalue weighted by molar-refractivity contribution is -0.133. The van der Waals surface area contributed by atoms with Gasteiger partial charge in [0, 0.05) is 5.70 Å². The number of aldehydes is 1. The van der Waals surface area contributed by atoms with E-state index in [1.807, 2.05) is 0 Å². The van der Waals surface area contributed by atoms with Crippen LogP contribution in [0.1, 0.15) is 29.9 Å². The minimum absolute atomic E-state index is 0.0292. The highest BCUT2D eigenvalue weighted by molar-refractivity contribution is 7.17. The van der Waals surface area contributed by atoms with Gasteiger partial charge in [0.15, 0.2) is 6.29 Å². The largest absolute Gasteiger partial charge is 0.478 e. The van der Waals surface area contributed by atoms with Gasteiger partial charge in [0.05, 0.1) is 33.0 Å². The van der Waals surface area contributed by atoms with E-state index in [9.17, 15) is 29.9 Å². The van der Waals surface area contributed by atoms with Crippen molar-refractivity contribution < 1.29 is 24.6 Å². The average Bonchev–Trinajstić information content (AvgIpc) is 3.44. The normalized spacial score (nSPS) is 19.3. The third-order valence-electron chi connectivity index (χ3n) is 5.05. The number of nitriles is 1. The van der Waals surface area contributed by atoms with Crippen LogP contribution in [0.2, 0.25) is 0 Å². The standard InChI is InChI=1S/C20H14N2O5S/c21-6-10-2-1-3-11-12(8-28-18(10)11)14-15(19(24)25)13(7-23)22-17(9-4-5-9)16(14)20(26)27/h1-3,7-9,14,22H,4-5H2,(H,24,25)(H,26,27). The molecule has 2 aromatic rings. The molecular weight excluding hydrogens is 380 g/mol. The van der Waals surface area contributed by atoms with E-state index in [4.69, 9.17) is 0 Å². The van der Waals surface area contributed by atoms with Gasteiger partial charge in [-0.05, 0) is 41.2 Å². The van der Waals surface area contributed by atoms with E-state index in [1.54, 1.807) is 23.6 Å². The number of nitrogens with one attached hydrogen (secondary N) is 1. The molecule has 7 nitrogen and oxygen atoms in total. The van der Waals surface area contributed by atoms with Crippen molar-refractivity contribution >= 4 is 39.6 Å². The highest BCUT2D eigenvalue weighted by Crippen LogP contribution is 2.48. The van der Waals surface area contributed by atoms with E-state index in [0.717, 1.165) is 12.8 Å². The van der Waals surface area contributed by atoms with Crippen molar-refractivity contribution in [2.24, 2.45) is 5.92 Å². The maximum absolute atomic E-state index is 12.2. The number of hydrogen-bond donors (Lipinski definition) is 3. The molecule has 0 spiro atoms. The maximum Gasteiger partial charge on any atom is 0.334 e. The van der Waals surface area contributed by atoms with E-state index in [-0.39, 0.29) is 22.8 Å². The average molecular weight is 394 g/mol. The Balaban J connectivity index is 2.04. The summed E-state index contributed by atoms with van der Waals surface area (Å²) in [5.74, 6) is -3.71. The summed E-state index contributed by atoms with van der Waals surface area (Å²) >= 11 is 1.26. The molecule has 0 amide bonds. The molecule has 1 saturated carbocycles. The second-order valence-electron chi connectivity index (χ2n) is 6.70. The molecule has 2 heterocycles. The highest BCUT2D eigenvalue weighted by Gasteiger charge is 2.43. The van der Waals surface area contributed by atoms with Crippen LogP contribution in [-0.2, 0) is 14.4 Å². The maximum atomic E-state index is 12.2. The summed E-state index contributed by atoms with van der Waals surface area (Å²) in [5, 5.41) is 34.1. The van der Waals surface area contributed by atoms with Gasteiger partial charge in [0.2, 0.25) is 0 Å². The van der Waals surface area contributed by atoms with Crippen LogP contribution in [0.5, 0.6) is 0 Å². The molecule has 0 bridgehead atoms. The third kappa shape index (κ3) is 2.68. The van der Waals surface area contributed by atoms with Crippen LogP contribution in [0.4, 0.5) is 0 Å². The van der Waals surface area contributed by atoms with Gasteiger partial charge in [-0.1, -0.05) is 12.1 Å². The lowest BCUT2D eigenvalue weighted by Gasteiger charge is -2.29. The number of thiophene rings is 1. The van der Waals surface area contributed by atoms with E-state index >= 15 is 0 Å². The predicted octanol–water partition coefficient (Wildman–Crippen LogP) is 2.75. The Morgan fingerprint density at radius 1 is 1.21 bits per heavy atom. The van der Waals surface area contributed by atoms with Gasteiger partial charge in [0.25, 0.3) is 0 Å². The van der Waals surface area contributed by atoms with Crippen LogP contribution in [-0.4, -0.2) is 28.4 Å². The van der Waals surface area contributed by atoms with Gasteiger partial charge in [0.1, 0.15) is 6.07 Å². The summed E-state index contributed by atoms with van der Waals surface area (Å²) in [6.07, 6.45) is 1.99. The fourth-order valence-electron chi connectivity index (χ4n) is 3.70. The number of carboxylic acids is 2. The second kappa shape index (κ2) is 6.62. The predicted molar refractivity (Wildman–Crippen MR) is 101 cm³/mol. The van der Waals surface area contributed by atoms with Gasteiger partial charge in [-0.15, -0.1) is 11.3 Å². The lowest BCUT2D eigenvalue weighted by atomic mass is 9.79. The number of rotatable bonds is 5. The Morgan fingerprint density at radius 3 is 2.50 bits per heavy atom. The molecule has 1 unspecified atom stereocenters. The Hall–Kier alpha value is -3.44. The molecule has 1 aromatic heterocycles. The molecule has 28 heavy (non-hydrogen) atoms. The van der Waals surface area contributed by atoms with Crippen molar-refractivity contribution in [3.05, 3.63) is 57.2 Å². The molecule has 1 fully saturated rings. The van der Waals surface area contributed by atoms with Crippen molar-refractivity contribution in [3.8, 4) is 6.07 Å². The number of carbonyl (C=O) groups is 3. The summed E-state index contributed by atoms with van der Waals surface area (Å²) in [6.45, 7) is 0. The molecule has 0 saturated heterocycles. The first-order valence-corrected chi connectivity index (χ1v) is 9.43. The molecule has 1 aliphatic carbocycles. The van der Waals surface area contributed by atoms with Crippen LogP contribution in [0.3, 0.4) is 0 Å². The molecule has 3 N–H and O–H groups in total. The molecule has 1 aliphatic heterocycles. The number of hydrogen-bond acceptors (Lipinski definition) is 6. The lowest BCUT2D eigenvalue weighted by Crippen LogP contribution is -2.34. The Labute approximate surface area is 163 Å². The van der Waals surface area contributed by atoms with Crippen molar-refractivity contribution in [1.29, 1.82) is 5.26 Å². The van der Waals surface area contributed by atoms with E-state index in [1.165, 1.54) is 11.3 Å². The number of allylic oxidation sites excluding steroid dienone is 2. The Bertz CT molecular complexity index is 1150. The summed E-state index contributed by atoms with van der Waals surface area (Å²) in [7, 11) is 0. The minimum atomic E-state index is -1.36. The summed E-state index contributed by atoms with van der Waals surface area (Å²) in [4.78, 5) is 35.8. The van der Waals surface area contributed by atoms with Crippen LogP contribution in [0, 0.1) is 17.2 Å². The highest BCUT2D eigenvalue weighted by atomic mass is 32.1. The van der Waals surface area contributed by atoms with Crippen molar-refractivity contribution in [3.63, 3.8) is 0 Å². The molecule has 2 aliphatic rings. The quantitative estimate of drug-likeness (QED) is 0.665. The van der Waals surface area contributed by atoms with Crippen molar-refractivity contribution in [2.45, 2.75) is 18.8 Å². The zero-order chi connectivity index (χ0) is 20.0. The van der Waals surface area contributed by atoms with Crippen LogP contribution in [0.15, 0.2) is 46.1 Å². The van der Waals surface area contributed by atoms with Gasteiger partial charge in [-0.2, -0.15) is 5.26 Å². The molecule has 1 aromatic carbocycles. The fraction of sp³-hybridized carbons (Fsp3) is 0.200. The van der Waals surface area contributed by atoms with Crippen molar-refractivity contribution in [2.75, 3.05) is 0 Å². The number of dihydropyridines is 1. The molecule has 0 radical (unpaired) electrons. The van der Waals surface area contributed by atoms with Crippen LogP contribution < -0.4 is 5.32 Å². The minimum Gasteiger partial charge on any atom is -0.478 e. The van der Waals surface area contributed by atoms with Crippen molar-refractivity contribution in [1.82, 2.24) is 5.32 Å². The smallest absolute Gasteiger partial charge is 0.334 e. The summed E-state index contributed by atoms with van der Waals surface area (Å²) < 4.78 is 0.661. The SMILES string of the molecule is N#Cc1cccc2c(C3C(C(=O)O)=C(C=O)NC(C4CC4)=C3C(=O)O)csc12. The second-order valence-corrected chi connectivity index (χ2v) is 7.58. The number of aliphatic carboxylic acids is 2. The number of carboxylic acid groups (broad SMARTS) is 2. The van der Waals surface area contributed by atoms with Crippen LogP contribution in [0.25, 0.3) is 10.1 Å². The van der Waals surface area contributed by atoms with Crippen LogP contribution >= 0.6 is 11.3 Å². The fourth-order valence-corrected chi connectivity index (χ4v) is 4.76. The molecule has 4 rings (SSSR count). The topological polar surface area (TPSA) is 127 Å². The van der Waals surface area contributed by atoms with Gasteiger partial charge in [-0.25, -0.2) is 9.59 Å². The first-order valence-electron chi connectivity index (χ1n) is 8.55. The molecule has 140 valence electrons. The van der Waals surface area contributed by atoms with E-state index in [2.05, 4.69) is 11.4 Å². The molecule has 8 heteroatoms. The zero-order valence-electron chi connectivity index (χ0n) is 14.4. The Kier molecular flexibility index (Phi) is 4.24. The van der Waals surface area contributed by atoms with Gasteiger partial charge in [-0.3, -0.25) is 4.79 Å². The molecular formula is C20H14N2O5S. The van der Waals surface area contributed by atoms with Gasteiger partial charge < -0.3 is 15.5 Å². The number of benzene rings is 1. The Morgan fingerprint density at radius 2 is 1.93 bits per heavy atom. The molecule has 1 atom stereocenters. The summed E-state index contributed by atoms with van der Waals surface area (Å²) in [6, 6.07) is 7.16. The first kappa shape index (κ1) is 17.9. The zero-order valence-corrected chi connectivity index (χ0v) is 15.2. The number of carbonyl (C=O) groups excluding carboxylic acids is 1.